The molecule has 0 aromatic heterocycles. The Morgan fingerprint density at radius 2 is 1.67 bits per heavy atom. The minimum Gasteiger partial charge on any atom is -0.456 e. The zero-order valence-corrected chi connectivity index (χ0v) is 14.0. The van der Waals surface area contributed by atoms with Crippen molar-refractivity contribution in [3.63, 3.8) is 0 Å². The van der Waals surface area contributed by atoms with Gasteiger partial charge in [-0.25, -0.2) is 0 Å². The van der Waals surface area contributed by atoms with Crippen molar-refractivity contribution in [2.75, 3.05) is 19.7 Å². The molecule has 1 aromatic carbocycles. The highest BCUT2D eigenvalue weighted by molar-refractivity contribution is 6.30. The molecule has 0 aliphatic heterocycles. The van der Waals surface area contributed by atoms with Crippen LogP contribution in [0.3, 0.4) is 0 Å². The Balaban J connectivity index is 2.24. The van der Waals surface area contributed by atoms with Crippen LogP contribution in [0.5, 0.6) is 0 Å². The van der Waals surface area contributed by atoms with Crippen LogP contribution >= 0.6 is 11.6 Å². The summed E-state index contributed by atoms with van der Waals surface area (Å²) in [4.78, 5) is 45.9. The molecule has 7 nitrogen and oxygen atoms in total. The number of hydrogen-bond donors (Lipinski definition) is 2. The van der Waals surface area contributed by atoms with Crippen LogP contribution in [-0.4, -0.2) is 43.3 Å². The quantitative estimate of drug-likeness (QED) is 0.510. The molecule has 0 fully saturated rings. The Morgan fingerprint density at radius 3 is 2.29 bits per heavy atom. The molecule has 1 aromatic rings. The number of carbonyl (C=O) groups is 4. The van der Waals surface area contributed by atoms with Crippen molar-refractivity contribution in [1.29, 1.82) is 0 Å². The summed E-state index contributed by atoms with van der Waals surface area (Å²) in [6, 6.07) is 6.33. The van der Waals surface area contributed by atoms with Crippen molar-refractivity contribution in [2.45, 2.75) is 19.8 Å². The molecule has 0 spiro atoms. The van der Waals surface area contributed by atoms with Crippen LogP contribution in [0.25, 0.3) is 0 Å². The second-order valence-electron chi connectivity index (χ2n) is 4.82. The molecule has 0 radical (unpaired) electrons. The zero-order valence-electron chi connectivity index (χ0n) is 13.3. The van der Waals surface area contributed by atoms with E-state index in [2.05, 4.69) is 10.6 Å². The van der Waals surface area contributed by atoms with E-state index in [4.69, 9.17) is 16.3 Å². The molecule has 0 atom stereocenters. The molecule has 130 valence electrons. The number of benzene rings is 1. The molecule has 8 heteroatoms. The van der Waals surface area contributed by atoms with E-state index in [1.54, 1.807) is 31.2 Å². The second kappa shape index (κ2) is 10.4. The highest BCUT2D eigenvalue weighted by Gasteiger charge is 2.12. The topological polar surface area (TPSA) is 102 Å². The monoisotopic (exact) mass is 354 g/mol. The van der Waals surface area contributed by atoms with Gasteiger partial charge in [-0.2, -0.15) is 0 Å². The summed E-state index contributed by atoms with van der Waals surface area (Å²) >= 11 is 5.73. The maximum atomic E-state index is 11.9. The fourth-order valence-electron chi connectivity index (χ4n) is 1.70. The van der Waals surface area contributed by atoms with Gasteiger partial charge >= 0.3 is 5.97 Å². The van der Waals surface area contributed by atoms with Gasteiger partial charge in [0.05, 0.1) is 13.0 Å². The molecule has 2 N–H and O–H groups in total. The van der Waals surface area contributed by atoms with Gasteiger partial charge < -0.3 is 15.4 Å². The lowest BCUT2D eigenvalue weighted by Crippen LogP contribution is -2.38. The van der Waals surface area contributed by atoms with Crippen molar-refractivity contribution in [1.82, 2.24) is 10.6 Å². The predicted octanol–water partition coefficient (Wildman–Crippen LogP) is 1.10. The number of carbonyl (C=O) groups excluding carboxylic acids is 4. The maximum absolute atomic E-state index is 11.9. The summed E-state index contributed by atoms with van der Waals surface area (Å²) in [7, 11) is 0. The predicted molar refractivity (Wildman–Crippen MR) is 87.7 cm³/mol. The minimum atomic E-state index is -0.662. The molecule has 0 bridgehead atoms. The number of nitrogens with one attached hydrogen (secondary N) is 2. The van der Waals surface area contributed by atoms with Gasteiger partial charge in [0.15, 0.2) is 12.4 Å². The number of rotatable bonds is 9. The Hall–Kier alpha value is -2.41. The summed E-state index contributed by atoms with van der Waals surface area (Å²) in [5.41, 5.74) is 0.451. The minimum absolute atomic E-state index is 0.0268. The van der Waals surface area contributed by atoms with Gasteiger partial charge in [-0.3, -0.25) is 19.2 Å². The standard InChI is InChI=1S/C16H19ClN2O5/c1-2-18-14(21)9-19-15(22)10-24-16(23)8-7-13(20)11-3-5-12(17)6-4-11/h3-6H,2,7-10H2,1H3,(H,18,21)(H,19,22). The second-order valence-corrected chi connectivity index (χ2v) is 5.26. The molecule has 2 amide bonds. The van der Waals surface area contributed by atoms with E-state index in [0.29, 0.717) is 17.1 Å². The van der Waals surface area contributed by atoms with E-state index >= 15 is 0 Å². The summed E-state index contributed by atoms with van der Waals surface area (Å²) in [6.07, 6.45) is -0.161. The molecule has 0 heterocycles. The first-order valence-electron chi connectivity index (χ1n) is 7.40. The number of likely N-dealkylation sites (N-methyl/N-ethyl adjacent to an activating group) is 1. The van der Waals surface area contributed by atoms with Crippen LogP contribution in [0, 0.1) is 0 Å². The Morgan fingerprint density at radius 1 is 1.00 bits per heavy atom. The van der Waals surface area contributed by atoms with Crippen molar-refractivity contribution in [2.24, 2.45) is 0 Å². The van der Waals surface area contributed by atoms with Gasteiger partial charge in [-0.1, -0.05) is 11.6 Å². The molecule has 0 unspecified atom stereocenters. The van der Waals surface area contributed by atoms with Gasteiger partial charge in [0.2, 0.25) is 5.91 Å². The first-order valence-corrected chi connectivity index (χ1v) is 7.78. The van der Waals surface area contributed by atoms with Crippen molar-refractivity contribution >= 4 is 35.2 Å². The molecule has 0 aliphatic carbocycles. The van der Waals surface area contributed by atoms with Gasteiger partial charge in [-0.15, -0.1) is 0 Å². The summed E-state index contributed by atoms with van der Waals surface area (Å²) in [6.45, 7) is 1.55. The molecule has 1 rings (SSSR count). The van der Waals surface area contributed by atoms with Crippen LogP contribution in [0.2, 0.25) is 5.02 Å². The van der Waals surface area contributed by atoms with E-state index in [1.165, 1.54) is 0 Å². The van der Waals surface area contributed by atoms with E-state index in [0.717, 1.165) is 0 Å². The third-order valence-corrected chi connectivity index (χ3v) is 3.16. The summed E-state index contributed by atoms with van der Waals surface area (Å²) in [5.74, 6) is -1.79. The van der Waals surface area contributed by atoms with Gasteiger partial charge in [0.1, 0.15) is 0 Å². The number of amides is 2. The molecule has 24 heavy (non-hydrogen) atoms. The van der Waals surface area contributed by atoms with Crippen LogP contribution in [0.4, 0.5) is 0 Å². The lowest BCUT2D eigenvalue weighted by Gasteiger charge is -2.06. The fourth-order valence-corrected chi connectivity index (χ4v) is 1.83. The molecule has 0 saturated carbocycles. The van der Waals surface area contributed by atoms with Crippen LogP contribution < -0.4 is 10.6 Å². The fraction of sp³-hybridized carbons (Fsp3) is 0.375. The number of ether oxygens (including phenoxy) is 1. The van der Waals surface area contributed by atoms with Gasteiger partial charge in [-0.05, 0) is 31.2 Å². The van der Waals surface area contributed by atoms with Crippen molar-refractivity contribution < 1.29 is 23.9 Å². The molecule has 0 saturated heterocycles. The third-order valence-electron chi connectivity index (χ3n) is 2.91. The number of ketones is 1. The number of esters is 1. The average molecular weight is 355 g/mol. The number of hydrogen-bond acceptors (Lipinski definition) is 5. The summed E-state index contributed by atoms with van der Waals surface area (Å²) < 4.78 is 4.75. The first-order chi connectivity index (χ1) is 11.4. The van der Waals surface area contributed by atoms with E-state index < -0.39 is 18.5 Å². The normalized spacial score (nSPS) is 9.92. The lowest BCUT2D eigenvalue weighted by atomic mass is 10.1. The van der Waals surface area contributed by atoms with E-state index in [-0.39, 0.29) is 31.1 Å². The SMILES string of the molecule is CCNC(=O)CNC(=O)COC(=O)CCC(=O)c1ccc(Cl)cc1. The zero-order chi connectivity index (χ0) is 17.9. The van der Waals surface area contributed by atoms with Crippen molar-refractivity contribution in [3.05, 3.63) is 34.9 Å². The Bertz CT molecular complexity index is 601. The van der Waals surface area contributed by atoms with E-state index in [9.17, 15) is 19.2 Å². The smallest absolute Gasteiger partial charge is 0.306 e. The Labute approximate surface area is 144 Å². The van der Waals surface area contributed by atoms with Crippen LogP contribution in [0.1, 0.15) is 30.1 Å². The van der Waals surface area contributed by atoms with Gasteiger partial charge in [0.25, 0.3) is 5.91 Å². The largest absolute Gasteiger partial charge is 0.456 e. The number of halogens is 1. The van der Waals surface area contributed by atoms with Crippen LogP contribution in [-0.2, 0) is 19.1 Å². The van der Waals surface area contributed by atoms with Gasteiger partial charge in [0, 0.05) is 23.6 Å². The lowest BCUT2D eigenvalue weighted by molar-refractivity contribution is -0.148. The average Bonchev–Trinajstić information content (AvgIpc) is 2.56. The maximum Gasteiger partial charge on any atom is 0.306 e. The molecule has 0 aliphatic rings. The highest BCUT2D eigenvalue weighted by Crippen LogP contribution is 2.12. The summed E-state index contributed by atoms with van der Waals surface area (Å²) in [5, 5.41) is 5.34. The molecular weight excluding hydrogens is 336 g/mol. The Kier molecular flexibility index (Phi) is 8.49. The highest BCUT2D eigenvalue weighted by atomic mass is 35.5. The third kappa shape index (κ3) is 7.73. The molecular formula is C16H19ClN2O5. The number of Topliss-reactive ketones (excluding diaryl/α,β-unsaturated/α-hetero) is 1. The van der Waals surface area contributed by atoms with Crippen LogP contribution in [0.15, 0.2) is 24.3 Å². The van der Waals surface area contributed by atoms with E-state index in [1.807, 2.05) is 0 Å². The first kappa shape index (κ1) is 19.6. The van der Waals surface area contributed by atoms with Crippen molar-refractivity contribution in [3.8, 4) is 0 Å².